The first-order chi connectivity index (χ1) is 25.6. The van der Waals surface area contributed by atoms with Gasteiger partial charge in [0.25, 0.3) is 5.91 Å². The van der Waals surface area contributed by atoms with Crippen LogP contribution in [0, 0.1) is 43.9 Å². The third-order valence-electron chi connectivity index (χ3n) is 12.0. The van der Waals surface area contributed by atoms with E-state index in [-0.39, 0.29) is 29.6 Å². The van der Waals surface area contributed by atoms with Crippen molar-refractivity contribution in [2.24, 2.45) is 11.8 Å². The standard InChI is InChI=1S/C43H46N6O4/c1-26-4-9-31(40-27(2)47-53-28(40)3)20-38(26)48(35-14-11-33(12-15-35)43(25-44)18-19-43)23-30-7-5-29(6-8-30)22-45-34-13-10-32-24-49(42(52)36(32)21-34)37-16-17-39(50)46-41(37)51/h4,9-15,20-21,29-30,37,45H,5-8,16-19,22-24H2,1-3H3,(H,46,50,51)/t29-,30-,37?. The molecule has 1 saturated heterocycles. The molecule has 3 amide bonds. The van der Waals surface area contributed by atoms with Crippen LogP contribution in [-0.2, 0) is 21.5 Å². The smallest absolute Gasteiger partial charge is 0.255 e. The second kappa shape index (κ2) is 13.8. The highest BCUT2D eigenvalue weighted by atomic mass is 16.5. The summed E-state index contributed by atoms with van der Waals surface area (Å²) in [5, 5.41) is 20.0. The summed E-state index contributed by atoms with van der Waals surface area (Å²) in [4.78, 5) is 41.5. The molecule has 3 fully saturated rings. The van der Waals surface area contributed by atoms with Crippen LogP contribution < -0.4 is 15.5 Å². The van der Waals surface area contributed by atoms with Crippen molar-refractivity contribution in [2.45, 2.75) is 90.1 Å². The number of aromatic nitrogens is 1. The number of anilines is 3. The van der Waals surface area contributed by atoms with Crippen LogP contribution in [0.5, 0.6) is 0 Å². The van der Waals surface area contributed by atoms with Gasteiger partial charge in [-0.1, -0.05) is 35.5 Å². The Morgan fingerprint density at radius 2 is 1.72 bits per heavy atom. The number of nitriles is 1. The number of nitrogens with zero attached hydrogens (tertiary/aromatic N) is 4. The molecular formula is C43H46N6O4. The minimum Gasteiger partial charge on any atom is -0.385 e. The number of hydrogen-bond donors (Lipinski definition) is 2. The summed E-state index contributed by atoms with van der Waals surface area (Å²) in [6, 6.07) is 23.1. The third kappa shape index (κ3) is 6.69. The molecule has 2 N–H and O–H groups in total. The zero-order valence-electron chi connectivity index (χ0n) is 30.7. The van der Waals surface area contributed by atoms with Crippen LogP contribution in [0.3, 0.4) is 0 Å². The van der Waals surface area contributed by atoms with E-state index in [1.165, 1.54) is 11.3 Å². The van der Waals surface area contributed by atoms with E-state index in [0.717, 1.165) is 96.7 Å². The van der Waals surface area contributed by atoms with Crippen molar-refractivity contribution < 1.29 is 18.9 Å². The van der Waals surface area contributed by atoms with Crippen LogP contribution >= 0.6 is 0 Å². The fraction of sp³-hybridized carbons (Fsp3) is 0.419. The lowest BCUT2D eigenvalue weighted by atomic mass is 9.81. The highest BCUT2D eigenvalue weighted by Gasteiger charge is 2.45. The third-order valence-corrected chi connectivity index (χ3v) is 12.0. The number of hydrogen-bond acceptors (Lipinski definition) is 8. The summed E-state index contributed by atoms with van der Waals surface area (Å²) < 4.78 is 5.53. The lowest BCUT2D eigenvalue weighted by Crippen LogP contribution is -2.52. The number of piperidine rings is 1. The minimum atomic E-state index is -0.608. The Morgan fingerprint density at radius 1 is 0.962 bits per heavy atom. The lowest BCUT2D eigenvalue weighted by Gasteiger charge is -2.35. The molecule has 2 aliphatic carbocycles. The minimum absolute atomic E-state index is 0.151. The fourth-order valence-corrected chi connectivity index (χ4v) is 8.65. The van der Waals surface area contributed by atoms with Gasteiger partial charge in [-0.3, -0.25) is 19.7 Å². The number of imide groups is 1. The van der Waals surface area contributed by atoms with Gasteiger partial charge in [-0.05, 0) is 130 Å². The Morgan fingerprint density at radius 3 is 2.40 bits per heavy atom. The molecule has 10 heteroatoms. The highest BCUT2D eigenvalue weighted by molar-refractivity contribution is 6.05. The first-order valence-corrected chi connectivity index (χ1v) is 19.0. The van der Waals surface area contributed by atoms with E-state index in [4.69, 9.17) is 4.52 Å². The normalized spacial score (nSPS) is 21.9. The van der Waals surface area contributed by atoms with Gasteiger partial charge in [-0.25, -0.2) is 0 Å². The van der Waals surface area contributed by atoms with Gasteiger partial charge in [0, 0.05) is 54.2 Å². The second-order valence-corrected chi connectivity index (χ2v) is 15.6. The Bertz CT molecular complexity index is 2100. The molecule has 53 heavy (non-hydrogen) atoms. The molecule has 8 rings (SSSR count). The quantitative estimate of drug-likeness (QED) is 0.161. The van der Waals surface area contributed by atoms with Crippen LogP contribution in [0.1, 0.15) is 89.9 Å². The van der Waals surface area contributed by atoms with Crippen LogP contribution in [0.4, 0.5) is 17.1 Å². The van der Waals surface area contributed by atoms with Gasteiger partial charge in [0.15, 0.2) is 0 Å². The Labute approximate surface area is 310 Å². The topological polar surface area (TPSA) is 132 Å². The van der Waals surface area contributed by atoms with E-state index in [1.54, 1.807) is 4.90 Å². The summed E-state index contributed by atoms with van der Waals surface area (Å²) in [5.74, 6) is 1.03. The van der Waals surface area contributed by atoms with Crippen molar-refractivity contribution in [3.05, 3.63) is 94.4 Å². The molecule has 4 aliphatic rings. The van der Waals surface area contributed by atoms with Crippen LogP contribution in [0.2, 0.25) is 0 Å². The highest BCUT2D eigenvalue weighted by Crippen LogP contribution is 2.48. The molecule has 0 spiro atoms. The number of benzene rings is 3. The Balaban J connectivity index is 0.939. The molecule has 0 radical (unpaired) electrons. The van der Waals surface area contributed by atoms with Gasteiger partial charge < -0.3 is 19.6 Å². The molecular weight excluding hydrogens is 665 g/mol. The van der Waals surface area contributed by atoms with Crippen molar-refractivity contribution in [1.29, 1.82) is 5.26 Å². The number of aryl methyl sites for hydroxylation is 3. The molecule has 3 aromatic carbocycles. The van der Waals surface area contributed by atoms with E-state index in [9.17, 15) is 19.6 Å². The van der Waals surface area contributed by atoms with Crippen molar-refractivity contribution >= 4 is 34.8 Å². The average Bonchev–Trinajstić information content (AvgIpc) is 3.81. The monoisotopic (exact) mass is 710 g/mol. The zero-order valence-corrected chi connectivity index (χ0v) is 30.7. The van der Waals surface area contributed by atoms with Crippen LogP contribution in [0.25, 0.3) is 11.1 Å². The molecule has 4 aromatic rings. The van der Waals surface area contributed by atoms with Crippen LogP contribution in [-0.4, -0.2) is 46.9 Å². The summed E-state index contributed by atoms with van der Waals surface area (Å²) >= 11 is 0. The van der Waals surface area contributed by atoms with Crippen LogP contribution in [0.15, 0.2) is 65.2 Å². The van der Waals surface area contributed by atoms with Crippen molar-refractivity contribution in [1.82, 2.24) is 15.4 Å². The SMILES string of the molecule is Cc1ccc(-c2c(C)noc2C)cc1N(C[C@H]1CC[C@H](CNc2ccc3c(c2)C(=O)N(C2CCC(=O)NC2=O)C3)CC1)c1ccc(C2(C#N)CC2)cc1. The fourth-order valence-electron chi connectivity index (χ4n) is 8.65. The summed E-state index contributed by atoms with van der Waals surface area (Å²) in [7, 11) is 0. The largest absolute Gasteiger partial charge is 0.385 e. The van der Waals surface area contributed by atoms with Gasteiger partial charge >= 0.3 is 0 Å². The van der Waals surface area contributed by atoms with Gasteiger partial charge in [-0.2, -0.15) is 5.26 Å². The van der Waals surface area contributed by atoms with Crippen molar-refractivity contribution in [3.63, 3.8) is 0 Å². The van der Waals surface area contributed by atoms with E-state index >= 15 is 0 Å². The van der Waals surface area contributed by atoms with E-state index in [0.29, 0.717) is 30.4 Å². The number of nitrogens with one attached hydrogen (secondary N) is 2. The van der Waals surface area contributed by atoms with Crippen molar-refractivity contribution in [3.8, 4) is 17.2 Å². The maximum Gasteiger partial charge on any atom is 0.255 e. The molecule has 3 heterocycles. The van der Waals surface area contributed by atoms with E-state index < -0.39 is 6.04 Å². The Kier molecular flexibility index (Phi) is 9.05. The summed E-state index contributed by atoms with van der Waals surface area (Å²) in [6.07, 6.45) is 6.92. The molecule has 1 atom stereocenters. The summed E-state index contributed by atoms with van der Waals surface area (Å²) in [6.45, 7) is 8.23. The van der Waals surface area contributed by atoms with Gasteiger partial charge in [0.1, 0.15) is 11.8 Å². The van der Waals surface area contributed by atoms with E-state index in [2.05, 4.69) is 76.1 Å². The number of amides is 3. The maximum atomic E-state index is 13.3. The lowest BCUT2D eigenvalue weighted by molar-refractivity contribution is -0.136. The zero-order chi connectivity index (χ0) is 36.9. The predicted molar refractivity (Wildman–Crippen MR) is 203 cm³/mol. The number of carbonyl (C=O) groups excluding carboxylic acids is 3. The number of carbonyl (C=O) groups is 3. The van der Waals surface area contributed by atoms with Gasteiger partial charge in [0.05, 0.1) is 17.2 Å². The summed E-state index contributed by atoms with van der Waals surface area (Å²) in [5.41, 5.74) is 9.76. The molecule has 2 aliphatic heterocycles. The average molecular weight is 711 g/mol. The van der Waals surface area contributed by atoms with Gasteiger partial charge in [-0.15, -0.1) is 0 Å². The number of fused-ring (bicyclic) bond motifs is 1. The van der Waals surface area contributed by atoms with Gasteiger partial charge in [0.2, 0.25) is 11.8 Å². The molecule has 1 unspecified atom stereocenters. The van der Waals surface area contributed by atoms with E-state index in [1.807, 2.05) is 32.0 Å². The molecule has 1 aromatic heterocycles. The number of rotatable bonds is 10. The van der Waals surface area contributed by atoms with Crippen molar-refractivity contribution in [2.75, 3.05) is 23.3 Å². The molecule has 2 saturated carbocycles. The molecule has 10 nitrogen and oxygen atoms in total. The Hall–Kier alpha value is -5.43. The maximum absolute atomic E-state index is 13.3. The first-order valence-electron chi connectivity index (χ1n) is 19.0. The predicted octanol–water partition coefficient (Wildman–Crippen LogP) is 7.64. The first kappa shape index (κ1) is 34.6. The molecule has 272 valence electrons. The second-order valence-electron chi connectivity index (χ2n) is 15.6. The molecule has 0 bridgehead atoms.